The molecule has 1 heterocycles. The second-order valence-corrected chi connectivity index (χ2v) is 9.40. The van der Waals surface area contributed by atoms with E-state index in [2.05, 4.69) is 17.6 Å². The Morgan fingerprint density at radius 3 is 2.09 bits per heavy atom. The maximum atomic E-state index is 12.6. The summed E-state index contributed by atoms with van der Waals surface area (Å²) in [7, 11) is 0. The molecule has 3 amide bonds. The standard InChI is InChI=1S/C23H39N3O7S/c1-3-4-5-6-7-8-9-10-11-12-18(27)25-21(24-17(22(30)31)15-16-34-2)23(32)33-26-19(28)13-14-20(26)29/h17,21,24H,3-16H2,1-2H3,(H,25,27)(H,30,31). The third-order valence-electron chi connectivity index (χ3n) is 5.51. The van der Waals surface area contributed by atoms with E-state index < -0.39 is 41.9 Å². The van der Waals surface area contributed by atoms with Crippen molar-refractivity contribution in [2.24, 2.45) is 0 Å². The molecular weight excluding hydrogens is 462 g/mol. The summed E-state index contributed by atoms with van der Waals surface area (Å²) < 4.78 is 0. The van der Waals surface area contributed by atoms with Crippen LogP contribution >= 0.6 is 11.8 Å². The molecule has 0 bridgehead atoms. The number of hydrogen-bond acceptors (Lipinski definition) is 8. The van der Waals surface area contributed by atoms with Crippen molar-refractivity contribution in [3.05, 3.63) is 0 Å². The summed E-state index contributed by atoms with van der Waals surface area (Å²) in [5.41, 5.74) is 0. The number of nitrogens with zero attached hydrogens (tertiary/aromatic N) is 1. The van der Waals surface area contributed by atoms with Gasteiger partial charge in [-0.15, -0.1) is 5.06 Å². The van der Waals surface area contributed by atoms with Crippen molar-refractivity contribution >= 4 is 41.4 Å². The van der Waals surface area contributed by atoms with E-state index >= 15 is 0 Å². The smallest absolute Gasteiger partial charge is 0.369 e. The van der Waals surface area contributed by atoms with Gasteiger partial charge in [0, 0.05) is 19.3 Å². The number of hydroxylamine groups is 2. The lowest BCUT2D eigenvalue weighted by molar-refractivity contribution is -0.200. The van der Waals surface area contributed by atoms with Crippen LogP contribution in [0.25, 0.3) is 0 Å². The first-order valence-corrected chi connectivity index (χ1v) is 13.5. The predicted molar refractivity (Wildman–Crippen MR) is 129 cm³/mol. The van der Waals surface area contributed by atoms with Crippen molar-refractivity contribution in [3.63, 3.8) is 0 Å². The zero-order valence-corrected chi connectivity index (χ0v) is 21.1. The number of imide groups is 1. The lowest BCUT2D eigenvalue weighted by Crippen LogP contribution is -2.57. The summed E-state index contributed by atoms with van der Waals surface area (Å²) in [6, 6.07) is -1.12. The highest BCUT2D eigenvalue weighted by Gasteiger charge is 2.36. The van der Waals surface area contributed by atoms with Crippen LogP contribution in [0.3, 0.4) is 0 Å². The van der Waals surface area contributed by atoms with Crippen LogP contribution in [0.5, 0.6) is 0 Å². The Labute approximate surface area is 205 Å². The van der Waals surface area contributed by atoms with Crippen LogP contribution in [0, 0.1) is 0 Å². The first-order chi connectivity index (χ1) is 16.3. The van der Waals surface area contributed by atoms with E-state index in [0.29, 0.717) is 17.2 Å². The zero-order chi connectivity index (χ0) is 25.3. The van der Waals surface area contributed by atoms with E-state index in [0.717, 1.165) is 19.3 Å². The number of hydrogen-bond donors (Lipinski definition) is 3. The van der Waals surface area contributed by atoms with Gasteiger partial charge in [0.25, 0.3) is 11.8 Å². The van der Waals surface area contributed by atoms with E-state index in [-0.39, 0.29) is 25.7 Å². The number of nitrogens with one attached hydrogen (secondary N) is 2. The van der Waals surface area contributed by atoms with Crippen molar-refractivity contribution in [1.29, 1.82) is 0 Å². The number of aliphatic carboxylic acids is 1. The van der Waals surface area contributed by atoms with E-state index in [9.17, 15) is 29.1 Å². The maximum absolute atomic E-state index is 12.6. The molecule has 0 radical (unpaired) electrons. The molecular formula is C23H39N3O7S. The first-order valence-electron chi connectivity index (χ1n) is 12.1. The number of unbranched alkanes of at least 4 members (excludes halogenated alkanes) is 8. The van der Waals surface area contributed by atoms with Crippen molar-refractivity contribution in [2.75, 3.05) is 12.0 Å². The highest BCUT2D eigenvalue weighted by molar-refractivity contribution is 7.98. The van der Waals surface area contributed by atoms with Crippen LogP contribution < -0.4 is 10.6 Å². The minimum Gasteiger partial charge on any atom is -0.480 e. The average Bonchev–Trinajstić information content (AvgIpc) is 3.11. The van der Waals surface area contributed by atoms with Gasteiger partial charge in [-0.3, -0.25) is 24.5 Å². The van der Waals surface area contributed by atoms with Crippen molar-refractivity contribution in [3.8, 4) is 0 Å². The number of carboxylic acids is 1. The molecule has 0 aromatic rings. The Morgan fingerprint density at radius 2 is 1.56 bits per heavy atom. The molecule has 1 aliphatic rings. The van der Waals surface area contributed by atoms with E-state index in [1.807, 2.05) is 6.26 Å². The Kier molecular flexibility index (Phi) is 15.2. The molecule has 0 aromatic carbocycles. The van der Waals surface area contributed by atoms with E-state index in [4.69, 9.17) is 4.84 Å². The molecule has 11 heteroatoms. The van der Waals surface area contributed by atoms with Gasteiger partial charge in [-0.1, -0.05) is 58.3 Å². The average molecular weight is 502 g/mol. The number of thioether (sulfide) groups is 1. The SMILES string of the molecule is CCCCCCCCCCCC(=O)NC(NC(CCSC)C(=O)O)C(=O)ON1C(=O)CCC1=O. The maximum Gasteiger partial charge on any atom is 0.369 e. The fourth-order valence-corrected chi connectivity index (χ4v) is 3.98. The molecule has 1 rings (SSSR count). The number of amides is 3. The van der Waals surface area contributed by atoms with Crippen molar-refractivity contribution in [2.45, 2.75) is 103 Å². The van der Waals surface area contributed by atoms with Crippen molar-refractivity contribution < 1.29 is 33.9 Å². The van der Waals surface area contributed by atoms with Crippen LogP contribution in [-0.2, 0) is 28.8 Å². The molecule has 10 nitrogen and oxygen atoms in total. The minimum absolute atomic E-state index is 0.0688. The molecule has 0 saturated carbocycles. The fourth-order valence-electron chi connectivity index (χ4n) is 3.51. The van der Waals surface area contributed by atoms with E-state index in [1.54, 1.807) is 0 Å². The molecule has 1 fully saturated rings. The molecule has 0 aromatic heterocycles. The van der Waals surface area contributed by atoms with Crippen LogP contribution in [0.2, 0.25) is 0 Å². The first kappa shape index (κ1) is 29.9. The highest BCUT2D eigenvalue weighted by atomic mass is 32.2. The van der Waals surface area contributed by atoms with Gasteiger partial charge in [-0.2, -0.15) is 11.8 Å². The van der Waals surface area contributed by atoms with Gasteiger partial charge in [0.2, 0.25) is 5.91 Å². The van der Waals surface area contributed by atoms with Crippen LogP contribution in [0.1, 0.15) is 90.4 Å². The number of carbonyl (C=O) groups is 5. The molecule has 2 unspecified atom stereocenters. The van der Waals surface area contributed by atoms with Gasteiger partial charge < -0.3 is 15.3 Å². The van der Waals surface area contributed by atoms with Gasteiger partial charge in [-0.25, -0.2) is 4.79 Å². The van der Waals surface area contributed by atoms with Crippen LogP contribution in [0.4, 0.5) is 0 Å². The summed E-state index contributed by atoms with van der Waals surface area (Å²) in [5, 5.41) is 14.9. The molecule has 0 aliphatic carbocycles. The van der Waals surface area contributed by atoms with Gasteiger partial charge in [-0.05, 0) is 24.9 Å². The van der Waals surface area contributed by atoms with Crippen LogP contribution in [-0.4, -0.2) is 64.0 Å². The molecule has 2 atom stereocenters. The van der Waals surface area contributed by atoms with E-state index in [1.165, 1.54) is 43.9 Å². The minimum atomic E-state index is -1.50. The zero-order valence-electron chi connectivity index (χ0n) is 20.3. The quantitative estimate of drug-likeness (QED) is 0.138. The molecule has 34 heavy (non-hydrogen) atoms. The Hall–Kier alpha value is -2.14. The summed E-state index contributed by atoms with van der Waals surface area (Å²) in [6.07, 6.45) is 10.4. The summed E-state index contributed by atoms with van der Waals surface area (Å²) in [6.45, 7) is 2.18. The number of carboxylic acid groups (broad SMARTS) is 1. The summed E-state index contributed by atoms with van der Waals surface area (Å²) in [4.78, 5) is 65.1. The van der Waals surface area contributed by atoms with Gasteiger partial charge in [0.05, 0.1) is 0 Å². The number of rotatable bonds is 19. The number of carbonyl (C=O) groups excluding carboxylic acids is 4. The highest BCUT2D eigenvalue weighted by Crippen LogP contribution is 2.13. The topological polar surface area (TPSA) is 142 Å². The lowest BCUT2D eigenvalue weighted by atomic mass is 10.1. The summed E-state index contributed by atoms with van der Waals surface area (Å²) in [5.74, 6) is -3.54. The largest absolute Gasteiger partial charge is 0.480 e. The second kappa shape index (κ2) is 17.3. The van der Waals surface area contributed by atoms with Crippen molar-refractivity contribution in [1.82, 2.24) is 15.7 Å². The molecule has 3 N–H and O–H groups in total. The third-order valence-corrected chi connectivity index (χ3v) is 6.16. The molecule has 194 valence electrons. The molecule has 1 saturated heterocycles. The van der Waals surface area contributed by atoms with Gasteiger partial charge >= 0.3 is 11.9 Å². The Morgan fingerprint density at radius 1 is 1.00 bits per heavy atom. The fraction of sp³-hybridized carbons (Fsp3) is 0.783. The van der Waals surface area contributed by atoms with Gasteiger partial charge in [0.1, 0.15) is 6.04 Å². The monoisotopic (exact) mass is 501 g/mol. The molecule has 1 aliphatic heterocycles. The normalized spacial score (nSPS) is 15.3. The van der Waals surface area contributed by atoms with Gasteiger partial charge in [0.15, 0.2) is 6.17 Å². The Balaban J connectivity index is 2.59. The summed E-state index contributed by atoms with van der Waals surface area (Å²) >= 11 is 1.44. The second-order valence-electron chi connectivity index (χ2n) is 8.41. The predicted octanol–water partition coefficient (Wildman–Crippen LogP) is 2.75. The van der Waals surface area contributed by atoms with Crippen LogP contribution in [0.15, 0.2) is 0 Å². The molecule has 0 spiro atoms. The third kappa shape index (κ3) is 11.8. The lowest BCUT2D eigenvalue weighted by Gasteiger charge is -2.24. The Bertz CT molecular complexity index is 673.